The van der Waals surface area contributed by atoms with E-state index in [9.17, 15) is 9.59 Å². The minimum atomic E-state index is 0.0212. The molecule has 2 aliphatic rings. The molecule has 2 aliphatic heterocycles. The lowest BCUT2D eigenvalue weighted by atomic mass is 9.95. The zero-order chi connectivity index (χ0) is 15.4. The van der Waals surface area contributed by atoms with Crippen LogP contribution >= 0.6 is 11.3 Å². The Bertz CT molecular complexity index is 503. The summed E-state index contributed by atoms with van der Waals surface area (Å²) in [6.07, 6.45) is 3.79. The second kappa shape index (κ2) is 7.24. The van der Waals surface area contributed by atoms with E-state index in [0.717, 1.165) is 37.9 Å². The molecule has 120 valence electrons. The first-order valence-corrected chi connectivity index (χ1v) is 8.89. The molecule has 5 nitrogen and oxygen atoms in total. The Morgan fingerprint density at radius 1 is 1.32 bits per heavy atom. The van der Waals surface area contributed by atoms with E-state index in [2.05, 4.69) is 5.32 Å². The van der Waals surface area contributed by atoms with E-state index < -0.39 is 0 Å². The number of carbonyl (C=O) groups excluding carboxylic acids is 2. The molecular formula is C16H22N2O3S. The molecule has 2 saturated heterocycles. The van der Waals surface area contributed by atoms with Crippen LogP contribution < -0.4 is 5.32 Å². The Hall–Kier alpha value is -1.40. The first-order valence-electron chi connectivity index (χ1n) is 7.95. The number of rotatable bonds is 4. The monoisotopic (exact) mass is 322 g/mol. The third-order valence-corrected chi connectivity index (χ3v) is 5.13. The Labute approximate surface area is 134 Å². The van der Waals surface area contributed by atoms with Gasteiger partial charge in [-0.05, 0) is 37.1 Å². The van der Waals surface area contributed by atoms with Crippen LogP contribution in [-0.4, -0.2) is 49.1 Å². The summed E-state index contributed by atoms with van der Waals surface area (Å²) in [5, 5.41) is 6.79. The number of hydrogen-bond acceptors (Lipinski definition) is 4. The number of nitrogens with zero attached hydrogens (tertiary/aromatic N) is 1. The largest absolute Gasteiger partial charge is 0.376 e. The highest BCUT2D eigenvalue weighted by Gasteiger charge is 2.28. The van der Waals surface area contributed by atoms with Crippen molar-refractivity contribution in [2.45, 2.75) is 31.8 Å². The van der Waals surface area contributed by atoms with Crippen molar-refractivity contribution in [1.82, 2.24) is 10.2 Å². The maximum atomic E-state index is 12.3. The highest BCUT2D eigenvalue weighted by atomic mass is 32.1. The van der Waals surface area contributed by atoms with Gasteiger partial charge in [-0.15, -0.1) is 0 Å². The Morgan fingerprint density at radius 2 is 2.14 bits per heavy atom. The topological polar surface area (TPSA) is 58.6 Å². The van der Waals surface area contributed by atoms with Crippen molar-refractivity contribution < 1.29 is 14.3 Å². The number of thiophene rings is 1. The Kier molecular flexibility index (Phi) is 5.10. The molecule has 0 radical (unpaired) electrons. The molecule has 0 spiro atoms. The quantitative estimate of drug-likeness (QED) is 0.921. The Morgan fingerprint density at radius 3 is 2.77 bits per heavy atom. The molecule has 0 aromatic carbocycles. The van der Waals surface area contributed by atoms with Gasteiger partial charge in [0, 0.05) is 37.5 Å². The lowest BCUT2D eigenvalue weighted by Crippen LogP contribution is -2.44. The van der Waals surface area contributed by atoms with Gasteiger partial charge in [0.05, 0.1) is 11.7 Å². The van der Waals surface area contributed by atoms with Crippen LogP contribution in [0.3, 0.4) is 0 Å². The van der Waals surface area contributed by atoms with Crippen LogP contribution in [0, 0.1) is 5.92 Å². The molecule has 2 fully saturated rings. The van der Waals surface area contributed by atoms with E-state index >= 15 is 0 Å². The molecule has 0 aliphatic carbocycles. The van der Waals surface area contributed by atoms with Crippen molar-refractivity contribution in [2.75, 3.05) is 26.2 Å². The molecule has 3 rings (SSSR count). The van der Waals surface area contributed by atoms with Gasteiger partial charge in [0.1, 0.15) is 0 Å². The van der Waals surface area contributed by atoms with Crippen molar-refractivity contribution in [3.63, 3.8) is 0 Å². The summed E-state index contributed by atoms with van der Waals surface area (Å²) in [6, 6.07) is 1.85. The first-order chi connectivity index (χ1) is 10.7. The van der Waals surface area contributed by atoms with E-state index in [1.54, 1.807) is 0 Å². The SMILES string of the molecule is O=C(NC[C@@H]1CCCO1)C1CCN(C(=O)c2ccsc2)CC1. The smallest absolute Gasteiger partial charge is 0.254 e. The fourth-order valence-corrected chi connectivity index (χ4v) is 3.71. The van der Waals surface area contributed by atoms with Gasteiger partial charge in [-0.3, -0.25) is 9.59 Å². The molecular weight excluding hydrogens is 300 g/mol. The third kappa shape index (κ3) is 3.67. The number of amides is 2. The summed E-state index contributed by atoms with van der Waals surface area (Å²) < 4.78 is 5.51. The second-order valence-electron chi connectivity index (χ2n) is 5.96. The molecule has 0 saturated carbocycles. The van der Waals surface area contributed by atoms with Crippen LogP contribution in [0.5, 0.6) is 0 Å². The molecule has 1 atom stereocenters. The Balaban J connectivity index is 1.42. The van der Waals surface area contributed by atoms with E-state index in [1.165, 1.54) is 11.3 Å². The van der Waals surface area contributed by atoms with Gasteiger partial charge in [0.25, 0.3) is 5.91 Å². The van der Waals surface area contributed by atoms with Gasteiger partial charge >= 0.3 is 0 Å². The zero-order valence-electron chi connectivity index (χ0n) is 12.6. The standard InChI is InChI=1S/C16H22N2O3S/c19-15(17-10-14-2-1-8-21-14)12-3-6-18(7-4-12)16(20)13-5-9-22-11-13/h5,9,11-12,14H,1-4,6-8,10H2,(H,17,19)/t14-/m0/s1. The van der Waals surface area contributed by atoms with Gasteiger partial charge in [-0.2, -0.15) is 11.3 Å². The molecule has 0 unspecified atom stereocenters. The predicted molar refractivity (Wildman–Crippen MR) is 84.9 cm³/mol. The van der Waals surface area contributed by atoms with Crippen LogP contribution in [0.2, 0.25) is 0 Å². The highest BCUT2D eigenvalue weighted by molar-refractivity contribution is 7.08. The van der Waals surface area contributed by atoms with E-state index in [0.29, 0.717) is 19.6 Å². The third-order valence-electron chi connectivity index (χ3n) is 4.45. The zero-order valence-corrected chi connectivity index (χ0v) is 13.4. The molecule has 2 amide bonds. The van der Waals surface area contributed by atoms with Crippen LogP contribution in [0.4, 0.5) is 0 Å². The summed E-state index contributed by atoms with van der Waals surface area (Å²) in [5.74, 6) is 0.213. The molecule has 3 heterocycles. The van der Waals surface area contributed by atoms with Crippen molar-refractivity contribution >= 4 is 23.2 Å². The summed E-state index contributed by atoms with van der Waals surface area (Å²) in [5.41, 5.74) is 0.756. The van der Waals surface area contributed by atoms with Gasteiger partial charge < -0.3 is 15.0 Å². The first kappa shape index (κ1) is 15.5. The van der Waals surface area contributed by atoms with Crippen molar-refractivity contribution in [2.24, 2.45) is 5.92 Å². The average molecular weight is 322 g/mol. The predicted octanol–water partition coefficient (Wildman–Crippen LogP) is 1.90. The second-order valence-corrected chi connectivity index (χ2v) is 6.74. The number of piperidine rings is 1. The number of ether oxygens (including phenoxy) is 1. The van der Waals surface area contributed by atoms with E-state index in [1.807, 2.05) is 21.7 Å². The van der Waals surface area contributed by atoms with E-state index in [4.69, 9.17) is 4.74 Å². The molecule has 0 bridgehead atoms. The van der Waals surface area contributed by atoms with Crippen LogP contribution in [0.25, 0.3) is 0 Å². The number of nitrogens with one attached hydrogen (secondary N) is 1. The molecule has 1 aromatic rings. The van der Waals surface area contributed by atoms with Crippen molar-refractivity contribution in [1.29, 1.82) is 0 Å². The number of carbonyl (C=O) groups is 2. The van der Waals surface area contributed by atoms with Gasteiger partial charge in [0.15, 0.2) is 0 Å². The lowest BCUT2D eigenvalue weighted by Gasteiger charge is -2.31. The molecule has 1 N–H and O–H groups in total. The molecule has 22 heavy (non-hydrogen) atoms. The van der Waals surface area contributed by atoms with Crippen LogP contribution in [0.1, 0.15) is 36.0 Å². The normalized spacial score (nSPS) is 22.7. The van der Waals surface area contributed by atoms with Gasteiger partial charge in [0.2, 0.25) is 5.91 Å². The van der Waals surface area contributed by atoms with Crippen LogP contribution in [0.15, 0.2) is 16.8 Å². The minimum absolute atomic E-state index is 0.0212. The van der Waals surface area contributed by atoms with Gasteiger partial charge in [-0.25, -0.2) is 0 Å². The summed E-state index contributed by atoms with van der Waals surface area (Å²) in [6.45, 7) is 2.75. The summed E-state index contributed by atoms with van der Waals surface area (Å²) in [4.78, 5) is 26.3. The fraction of sp³-hybridized carbons (Fsp3) is 0.625. The number of likely N-dealkylation sites (tertiary alicyclic amines) is 1. The van der Waals surface area contributed by atoms with Crippen LogP contribution in [-0.2, 0) is 9.53 Å². The molecule has 1 aromatic heterocycles. The fourth-order valence-electron chi connectivity index (χ4n) is 3.08. The highest BCUT2D eigenvalue weighted by Crippen LogP contribution is 2.20. The van der Waals surface area contributed by atoms with E-state index in [-0.39, 0.29) is 23.8 Å². The summed E-state index contributed by atoms with van der Waals surface area (Å²) in [7, 11) is 0. The van der Waals surface area contributed by atoms with Crippen molar-refractivity contribution in [3.05, 3.63) is 22.4 Å². The molecule has 6 heteroatoms. The van der Waals surface area contributed by atoms with Crippen molar-refractivity contribution in [3.8, 4) is 0 Å². The van der Waals surface area contributed by atoms with Gasteiger partial charge in [-0.1, -0.05) is 0 Å². The number of hydrogen-bond donors (Lipinski definition) is 1. The summed E-state index contributed by atoms with van der Waals surface area (Å²) >= 11 is 1.53. The minimum Gasteiger partial charge on any atom is -0.376 e. The average Bonchev–Trinajstić information content (AvgIpc) is 3.25. The maximum absolute atomic E-state index is 12.3. The maximum Gasteiger partial charge on any atom is 0.254 e. The lowest BCUT2D eigenvalue weighted by molar-refractivity contribution is -0.126.